The van der Waals surface area contributed by atoms with E-state index in [-0.39, 0.29) is 0 Å². The van der Waals surface area contributed by atoms with Gasteiger partial charge >= 0.3 is 0 Å². The molecule has 0 radical (unpaired) electrons. The molecule has 124 valence electrons. The lowest BCUT2D eigenvalue weighted by Crippen LogP contribution is -2.59. The summed E-state index contributed by atoms with van der Waals surface area (Å²) in [6.45, 7) is 5.71. The third kappa shape index (κ3) is 3.71. The van der Waals surface area contributed by atoms with Gasteiger partial charge in [0, 0.05) is 19.0 Å². The third-order valence-electron chi connectivity index (χ3n) is 4.72. The second-order valence-corrected chi connectivity index (χ2v) is 6.63. The van der Waals surface area contributed by atoms with Gasteiger partial charge in [-0.25, -0.2) is 4.98 Å². The lowest BCUT2D eigenvalue weighted by molar-refractivity contribution is -0.142. The van der Waals surface area contributed by atoms with Crippen molar-refractivity contribution in [3.8, 4) is 0 Å². The summed E-state index contributed by atoms with van der Waals surface area (Å²) in [7, 11) is 0. The van der Waals surface area contributed by atoms with E-state index in [1.807, 2.05) is 17.9 Å². The normalized spacial score (nSPS) is 18.8. The predicted molar refractivity (Wildman–Crippen MR) is 92.0 cm³/mol. The molecule has 1 aliphatic heterocycles. The number of nitrogens with one attached hydrogen (secondary N) is 1. The van der Waals surface area contributed by atoms with Gasteiger partial charge in [-0.3, -0.25) is 9.78 Å². The second-order valence-electron chi connectivity index (χ2n) is 6.63. The van der Waals surface area contributed by atoms with Crippen LogP contribution in [0.4, 0.5) is 5.82 Å². The summed E-state index contributed by atoms with van der Waals surface area (Å²) in [6, 6.07) is 0.295. The van der Waals surface area contributed by atoms with Crippen molar-refractivity contribution in [2.24, 2.45) is 5.92 Å². The Hall–Kier alpha value is -1.91. The quantitative estimate of drug-likeness (QED) is 0.877. The van der Waals surface area contributed by atoms with Crippen molar-refractivity contribution in [3.05, 3.63) is 23.7 Å². The maximum atomic E-state index is 12.1. The highest BCUT2D eigenvalue weighted by Crippen LogP contribution is 2.30. The molecule has 2 fully saturated rings. The summed E-state index contributed by atoms with van der Waals surface area (Å²) in [5, 5.41) is 3.39. The molecule has 2 aliphatic rings. The highest BCUT2D eigenvalue weighted by Gasteiger charge is 2.36. The van der Waals surface area contributed by atoms with Crippen molar-refractivity contribution in [1.29, 1.82) is 0 Å². The molecule has 1 aromatic heterocycles. The molecule has 0 atom stereocenters. The highest BCUT2D eigenvalue weighted by atomic mass is 16.2. The van der Waals surface area contributed by atoms with Gasteiger partial charge in [0.1, 0.15) is 5.82 Å². The molecule has 5 heteroatoms. The molecule has 1 saturated heterocycles. The minimum atomic E-state index is 0.295. The van der Waals surface area contributed by atoms with Crippen LogP contribution in [0, 0.1) is 12.8 Å². The van der Waals surface area contributed by atoms with Crippen LogP contribution in [0.2, 0.25) is 0 Å². The molecule has 0 bridgehead atoms. The van der Waals surface area contributed by atoms with Crippen molar-refractivity contribution in [2.75, 3.05) is 18.4 Å². The molecule has 1 N–H and O–H groups in total. The number of hydrogen-bond donors (Lipinski definition) is 1. The largest absolute Gasteiger partial charge is 0.362 e. The number of rotatable bonds is 6. The van der Waals surface area contributed by atoms with E-state index in [1.54, 1.807) is 6.20 Å². The lowest BCUT2D eigenvalue weighted by atomic mass is 9.83. The van der Waals surface area contributed by atoms with Crippen molar-refractivity contribution < 1.29 is 4.79 Å². The number of nitrogens with zero attached hydrogens (tertiary/aromatic N) is 3. The van der Waals surface area contributed by atoms with Crippen molar-refractivity contribution in [3.63, 3.8) is 0 Å². The SMILES string of the molecule is CCC/C=C\c1nc(NC2CN(C(=O)C3CCC3)C2)cnc1C. The molecule has 1 aliphatic carbocycles. The monoisotopic (exact) mass is 314 g/mol. The average molecular weight is 314 g/mol. The summed E-state index contributed by atoms with van der Waals surface area (Å²) in [6.07, 6.45) is 11.5. The lowest BCUT2D eigenvalue weighted by Gasteiger charge is -2.43. The molecule has 0 aromatic carbocycles. The maximum absolute atomic E-state index is 12.1. The first-order chi connectivity index (χ1) is 11.2. The molecule has 2 heterocycles. The molecule has 0 spiro atoms. The summed E-state index contributed by atoms with van der Waals surface area (Å²) in [5.74, 6) is 1.44. The van der Waals surface area contributed by atoms with Crippen LogP contribution in [0.1, 0.15) is 50.4 Å². The minimum Gasteiger partial charge on any atom is -0.362 e. The number of aryl methyl sites for hydroxylation is 1. The molecule has 1 aromatic rings. The Kier molecular flexibility index (Phi) is 4.94. The Morgan fingerprint density at radius 1 is 1.43 bits per heavy atom. The zero-order valence-electron chi connectivity index (χ0n) is 14.1. The fourth-order valence-corrected chi connectivity index (χ4v) is 2.93. The summed E-state index contributed by atoms with van der Waals surface area (Å²) in [4.78, 5) is 23.1. The molecule has 1 saturated carbocycles. The van der Waals surface area contributed by atoms with E-state index in [1.165, 1.54) is 6.42 Å². The van der Waals surface area contributed by atoms with E-state index >= 15 is 0 Å². The van der Waals surface area contributed by atoms with Crippen molar-refractivity contribution in [1.82, 2.24) is 14.9 Å². The van der Waals surface area contributed by atoms with Gasteiger partial charge in [0.25, 0.3) is 0 Å². The summed E-state index contributed by atoms with van der Waals surface area (Å²) in [5.41, 5.74) is 1.86. The Morgan fingerprint density at radius 3 is 2.87 bits per heavy atom. The van der Waals surface area contributed by atoms with E-state index in [2.05, 4.69) is 28.3 Å². The number of hydrogen-bond acceptors (Lipinski definition) is 4. The van der Waals surface area contributed by atoms with Gasteiger partial charge < -0.3 is 10.2 Å². The highest BCUT2D eigenvalue weighted by molar-refractivity contribution is 5.80. The molecule has 1 amide bonds. The van der Waals surface area contributed by atoms with Gasteiger partial charge in [-0.2, -0.15) is 0 Å². The molecule has 23 heavy (non-hydrogen) atoms. The van der Waals surface area contributed by atoms with Crippen LogP contribution in [0.5, 0.6) is 0 Å². The van der Waals surface area contributed by atoms with Gasteiger partial charge in [-0.05, 0) is 32.3 Å². The number of likely N-dealkylation sites (tertiary alicyclic amines) is 1. The zero-order chi connectivity index (χ0) is 16.2. The van der Waals surface area contributed by atoms with Crippen LogP contribution in [0.25, 0.3) is 6.08 Å². The second kappa shape index (κ2) is 7.11. The first kappa shape index (κ1) is 16.0. The first-order valence-corrected chi connectivity index (χ1v) is 8.73. The van der Waals surface area contributed by atoms with Crippen LogP contribution >= 0.6 is 0 Å². The van der Waals surface area contributed by atoms with E-state index in [0.29, 0.717) is 17.9 Å². The van der Waals surface area contributed by atoms with Crippen molar-refractivity contribution >= 4 is 17.8 Å². The van der Waals surface area contributed by atoms with Crippen molar-refractivity contribution in [2.45, 2.75) is 52.0 Å². The third-order valence-corrected chi connectivity index (χ3v) is 4.72. The molecular formula is C18H26N4O. The topological polar surface area (TPSA) is 58.1 Å². The average Bonchev–Trinajstić information content (AvgIpc) is 2.43. The number of unbranched alkanes of at least 4 members (excludes halogenated alkanes) is 1. The first-order valence-electron chi connectivity index (χ1n) is 8.73. The van der Waals surface area contributed by atoms with E-state index in [9.17, 15) is 4.79 Å². The van der Waals surface area contributed by atoms with Gasteiger partial charge in [0.05, 0.1) is 23.6 Å². The fraction of sp³-hybridized carbons (Fsp3) is 0.611. The van der Waals surface area contributed by atoms with Crippen LogP contribution in [-0.4, -0.2) is 39.9 Å². The van der Waals surface area contributed by atoms with E-state index in [0.717, 1.165) is 56.0 Å². The summed E-state index contributed by atoms with van der Waals surface area (Å²) >= 11 is 0. The molecule has 3 rings (SSSR count). The standard InChI is InChI=1S/C18H26N4O/c1-3-4-5-9-16-13(2)19-10-17(21-16)20-15-11-22(12-15)18(23)14-7-6-8-14/h5,9-10,14-15H,3-4,6-8,11-12H2,1-2H3,(H,20,21)/b9-5-. The fourth-order valence-electron chi connectivity index (χ4n) is 2.93. The number of aromatic nitrogens is 2. The van der Waals surface area contributed by atoms with E-state index in [4.69, 9.17) is 0 Å². The number of carbonyl (C=O) groups is 1. The number of amides is 1. The number of anilines is 1. The maximum Gasteiger partial charge on any atom is 0.225 e. The van der Waals surface area contributed by atoms with E-state index < -0.39 is 0 Å². The minimum absolute atomic E-state index is 0.295. The molecule has 5 nitrogen and oxygen atoms in total. The van der Waals surface area contributed by atoms with Gasteiger partial charge in [0.15, 0.2) is 0 Å². The number of carbonyl (C=O) groups excluding carboxylic acids is 1. The van der Waals surface area contributed by atoms with Crippen LogP contribution in [0.15, 0.2) is 12.3 Å². The summed E-state index contributed by atoms with van der Waals surface area (Å²) < 4.78 is 0. The van der Waals surface area contributed by atoms with Gasteiger partial charge in [0.2, 0.25) is 5.91 Å². The predicted octanol–water partition coefficient (Wildman–Crippen LogP) is 3.02. The van der Waals surface area contributed by atoms with Crippen LogP contribution in [0.3, 0.4) is 0 Å². The Bertz CT molecular complexity index is 589. The number of allylic oxidation sites excluding steroid dienone is 1. The zero-order valence-corrected chi connectivity index (χ0v) is 14.1. The Morgan fingerprint density at radius 2 is 2.22 bits per heavy atom. The van der Waals surface area contributed by atoms with Gasteiger partial charge in [-0.1, -0.05) is 25.8 Å². The molecule has 0 unspecified atom stereocenters. The van der Waals surface area contributed by atoms with Crippen LogP contribution < -0.4 is 5.32 Å². The van der Waals surface area contributed by atoms with Gasteiger partial charge in [-0.15, -0.1) is 0 Å². The Balaban J connectivity index is 1.53. The smallest absolute Gasteiger partial charge is 0.225 e. The Labute approximate surface area is 138 Å². The van der Waals surface area contributed by atoms with Crippen LogP contribution in [-0.2, 0) is 4.79 Å². The molecular weight excluding hydrogens is 288 g/mol.